The fourth-order valence-corrected chi connectivity index (χ4v) is 2.42. The van der Waals surface area contributed by atoms with Crippen molar-refractivity contribution < 1.29 is 9.53 Å². The molecule has 2 rings (SSSR count). The monoisotopic (exact) mass is 292 g/mol. The molecule has 1 aliphatic heterocycles. The van der Waals surface area contributed by atoms with Gasteiger partial charge in [-0.2, -0.15) is 0 Å². The molecule has 1 saturated heterocycles. The van der Waals surface area contributed by atoms with Gasteiger partial charge in [0.25, 0.3) is 0 Å². The number of nitrogens with two attached hydrogens (primary N) is 1. The van der Waals surface area contributed by atoms with Gasteiger partial charge in [-0.25, -0.2) is 4.98 Å². The summed E-state index contributed by atoms with van der Waals surface area (Å²) >= 11 is 0. The van der Waals surface area contributed by atoms with Crippen LogP contribution in [0.1, 0.15) is 26.3 Å². The van der Waals surface area contributed by atoms with Crippen LogP contribution >= 0.6 is 0 Å². The molecule has 0 aliphatic carbocycles. The highest BCUT2D eigenvalue weighted by molar-refractivity contribution is 5.80. The maximum absolute atomic E-state index is 11.4. The van der Waals surface area contributed by atoms with Gasteiger partial charge in [0.15, 0.2) is 0 Å². The van der Waals surface area contributed by atoms with Crippen LogP contribution in [0.2, 0.25) is 0 Å². The number of carbonyl (C=O) groups is 1. The molecule has 3 atom stereocenters. The Morgan fingerprint density at radius 3 is 2.67 bits per heavy atom. The van der Waals surface area contributed by atoms with Crippen molar-refractivity contribution in [3.63, 3.8) is 0 Å². The molecule has 0 saturated carbocycles. The number of nitrogens with zero attached hydrogens (tertiary/aromatic N) is 2. The molecule has 116 valence electrons. The number of nitrogens with one attached hydrogen (secondary N) is 1. The average molecular weight is 292 g/mol. The van der Waals surface area contributed by atoms with E-state index in [0.717, 1.165) is 24.5 Å². The van der Waals surface area contributed by atoms with Crippen LogP contribution in [-0.4, -0.2) is 42.2 Å². The summed E-state index contributed by atoms with van der Waals surface area (Å²) in [5, 5.41) is 2.77. The molecule has 1 fully saturated rings. The Morgan fingerprint density at radius 1 is 1.48 bits per heavy atom. The van der Waals surface area contributed by atoms with Gasteiger partial charge in [0.2, 0.25) is 5.91 Å². The lowest BCUT2D eigenvalue weighted by molar-refractivity contribution is -0.122. The van der Waals surface area contributed by atoms with Crippen LogP contribution in [0.5, 0.6) is 0 Å². The topological polar surface area (TPSA) is 80.5 Å². The first-order valence-electron chi connectivity index (χ1n) is 7.34. The number of carbonyl (C=O) groups excluding carboxylic acids is 1. The lowest BCUT2D eigenvalue weighted by atomic mass is 10.2. The van der Waals surface area contributed by atoms with E-state index in [1.54, 1.807) is 13.1 Å². The van der Waals surface area contributed by atoms with Crippen LogP contribution in [0, 0.1) is 0 Å². The second-order valence-electron chi connectivity index (χ2n) is 5.69. The number of hydrogen-bond acceptors (Lipinski definition) is 5. The molecule has 1 aromatic rings. The van der Waals surface area contributed by atoms with E-state index in [2.05, 4.69) is 29.0 Å². The minimum Gasteiger partial charge on any atom is -0.372 e. The van der Waals surface area contributed by atoms with Gasteiger partial charge in [-0.3, -0.25) is 4.79 Å². The minimum atomic E-state index is -0.492. The van der Waals surface area contributed by atoms with Gasteiger partial charge in [-0.1, -0.05) is 6.07 Å². The highest BCUT2D eigenvalue weighted by atomic mass is 16.5. The standard InChI is InChI=1S/C15H24N4O2/c1-10-8-19(9-11(2)21-10)14-5-4-13(6-17-14)7-18-15(20)12(3)16/h4-6,10-12H,7-9,16H2,1-3H3,(H,18,20). The fraction of sp³-hybridized carbons (Fsp3) is 0.600. The van der Waals surface area contributed by atoms with E-state index in [-0.39, 0.29) is 18.1 Å². The van der Waals surface area contributed by atoms with Gasteiger partial charge in [0.05, 0.1) is 18.2 Å². The van der Waals surface area contributed by atoms with E-state index in [4.69, 9.17) is 10.5 Å². The zero-order chi connectivity index (χ0) is 15.4. The lowest BCUT2D eigenvalue weighted by Gasteiger charge is -2.36. The summed E-state index contributed by atoms with van der Waals surface area (Å²) < 4.78 is 5.72. The number of pyridine rings is 1. The van der Waals surface area contributed by atoms with E-state index in [0.29, 0.717) is 6.54 Å². The summed E-state index contributed by atoms with van der Waals surface area (Å²) in [7, 11) is 0. The zero-order valence-corrected chi connectivity index (χ0v) is 12.9. The van der Waals surface area contributed by atoms with Gasteiger partial charge < -0.3 is 20.7 Å². The number of ether oxygens (including phenoxy) is 1. The predicted molar refractivity (Wildman–Crippen MR) is 82.0 cm³/mol. The van der Waals surface area contributed by atoms with Crippen LogP contribution in [0.3, 0.4) is 0 Å². The first-order valence-corrected chi connectivity index (χ1v) is 7.34. The number of anilines is 1. The Hall–Kier alpha value is -1.66. The van der Waals surface area contributed by atoms with Crippen LogP contribution in [0.15, 0.2) is 18.3 Å². The third kappa shape index (κ3) is 4.41. The van der Waals surface area contributed by atoms with E-state index in [1.807, 2.05) is 12.1 Å². The van der Waals surface area contributed by atoms with Gasteiger partial charge in [-0.05, 0) is 32.4 Å². The Balaban J connectivity index is 1.94. The molecule has 21 heavy (non-hydrogen) atoms. The van der Waals surface area contributed by atoms with Crippen molar-refractivity contribution >= 4 is 11.7 Å². The SMILES string of the molecule is CC1CN(c2ccc(CNC(=O)C(C)N)cn2)CC(C)O1. The molecule has 0 bridgehead atoms. The number of hydrogen-bond donors (Lipinski definition) is 2. The highest BCUT2D eigenvalue weighted by Gasteiger charge is 2.22. The van der Waals surface area contributed by atoms with Gasteiger partial charge in [-0.15, -0.1) is 0 Å². The molecule has 3 N–H and O–H groups in total. The third-order valence-corrected chi connectivity index (χ3v) is 3.43. The molecule has 6 nitrogen and oxygen atoms in total. The lowest BCUT2D eigenvalue weighted by Crippen LogP contribution is -2.45. The van der Waals surface area contributed by atoms with Crippen LogP contribution < -0.4 is 16.0 Å². The first kappa shape index (κ1) is 15.7. The van der Waals surface area contributed by atoms with Crippen LogP contribution in [0.4, 0.5) is 5.82 Å². The summed E-state index contributed by atoms with van der Waals surface area (Å²) in [5.41, 5.74) is 6.46. The number of rotatable bonds is 4. The van der Waals surface area contributed by atoms with Gasteiger partial charge in [0.1, 0.15) is 5.82 Å². The van der Waals surface area contributed by atoms with Gasteiger partial charge >= 0.3 is 0 Å². The second-order valence-corrected chi connectivity index (χ2v) is 5.69. The quantitative estimate of drug-likeness (QED) is 0.852. The Bertz CT molecular complexity index is 465. The summed E-state index contributed by atoms with van der Waals surface area (Å²) in [4.78, 5) is 18.1. The first-order chi connectivity index (χ1) is 9.95. The van der Waals surface area contributed by atoms with Crippen molar-refractivity contribution in [2.45, 2.75) is 45.6 Å². The van der Waals surface area contributed by atoms with Crippen LogP contribution in [-0.2, 0) is 16.1 Å². The number of morpholine rings is 1. The van der Waals surface area contributed by atoms with Crippen molar-refractivity contribution in [1.29, 1.82) is 0 Å². The number of aromatic nitrogens is 1. The van der Waals surface area contributed by atoms with Crippen molar-refractivity contribution in [1.82, 2.24) is 10.3 Å². The fourth-order valence-electron chi connectivity index (χ4n) is 2.42. The largest absolute Gasteiger partial charge is 0.372 e. The molecule has 0 aromatic carbocycles. The molecule has 0 radical (unpaired) electrons. The number of amides is 1. The minimum absolute atomic E-state index is 0.157. The molecular weight excluding hydrogens is 268 g/mol. The van der Waals surface area contributed by atoms with Crippen LogP contribution in [0.25, 0.3) is 0 Å². The molecule has 1 amide bonds. The maximum Gasteiger partial charge on any atom is 0.236 e. The van der Waals surface area contributed by atoms with Crippen molar-refractivity contribution in [3.05, 3.63) is 23.9 Å². The van der Waals surface area contributed by atoms with Crippen molar-refractivity contribution in [3.8, 4) is 0 Å². The summed E-state index contributed by atoms with van der Waals surface area (Å²) in [6.07, 6.45) is 2.21. The highest BCUT2D eigenvalue weighted by Crippen LogP contribution is 2.18. The Morgan fingerprint density at radius 2 is 2.14 bits per heavy atom. The summed E-state index contributed by atoms with van der Waals surface area (Å²) in [5.74, 6) is 0.786. The molecule has 6 heteroatoms. The Labute approximate surface area is 125 Å². The predicted octanol–water partition coefficient (Wildman–Crippen LogP) is 0.659. The normalized spacial score (nSPS) is 23.7. The summed E-state index contributed by atoms with van der Waals surface area (Å²) in [6.45, 7) is 7.94. The maximum atomic E-state index is 11.4. The molecule has 0 spiro atoms. The van der Waals surface area contributed by atoms with Crippen molar-refractivity contribution in [2.75, 3.05) is 18.0 Å². The second kappa shape index (κ2) is 6.87. The molecule has 1 aliphatic rings. The zero-order valence-electron chi connectivity index (χ0n) is 12.9. The average Bonchev–Trinajstić information content (AvgIpc) is 2.44. The van der Waals surface area contributed by atoms with E-state index < -0.39 is 6.04 Å². The molecule has 3 unspecified atom stereocenters. The van der Waals surface area contributed by atoms with Crippen molar-refractivity contribution in [2.24, 2.45) is 5.73 Å². The smallest absolute Gasteiger partial charge is 0.236 e. The van der Waals surface area contributed by atoms with E-state index in [1.165, 1.54) is 0 Å². The Kier molecular flexibility index (Phi) is 5.14. The molecule has 1 aromatic heterocycles. The van der Waals surface area contributed by atoms with E-state index in [9.17, 15) is 4.79 Å². The van der Waals surface area contributed by atoms with Gasteiger partial charge in [0, 0.05) is 25.8 Å². The third-order valence-electron chi connectivity index (χ3n) is 3.43. The van der Waals surface area contributed by atoms with E-state index >= 15 is 0 Å². The molecule has 2 heterocycles. The summed E-state index contributed by atoms with van der Waals surface area (Å²) in [6, 6.07) is 3.47. The molecular formula is C15H24N4O2.